The molecule has 24 heavy (non-hydrogen) atoms. The Morgan fingerprint density at radius 1 is 1.25 bits per heavy atom. The molecular formula is C19H27N3O2. The van der Waals surface area contributed by atoms with Gasteiger partial charge in [0.2, 0.25) is 5.91 Å². The summed E-state index contributed by atoms with van der Waals surface area (Å²) in [4.78, 5) is 19.6. The fourth-order valence-electron chi connectivity index (χ4n) is 4.33. The quantitative estimate of drug-likeness (QED) is 0.926. The van der Waals surface area contributed by atoms with Gasteiger partial charge in [0, 0.05) is 30.3 Å². The van der Waals surface area contributed by atoms with Gasteiger partial charge in [-0.2, -0.15) is 0 Å². The van der Waals surface area contributed by atoms with Gasteiger partial charge in [0.1, 0.15) is 0 Å². The molecular weight excluding hydrogens is 302 g/mol. The van der Waals surface area contributed by atoms with E-state index in [4.69, 9.17) is 4.74 Å². The van der Waals surface area contributed by atoms with Crippen molar-refractivity contribution in [2.24, 2.45) is 5.92 Å². The summed E-state index contributed by atoms with van der Waals surface area (Å²) in [5, 5.41) is 3.07. The number of rotatable bonds is 3. The second-order valence-corrected chi connectivity index (χ2v) is 7.39. The van der Waals surface area contributed by atoms with Crippen LogP contribution in [-0.4, -0.2) is 41.5 Å². The number of anilines is 1. The third kappa shape index (κ3) is 3.47. The lowest BCUT2D eigenvalue weighted by Crippen LogP contribution is -2.36. The minimum Gasteiger partial charge on any atom is -0.376 e. The third-order valence-corrected chi connectivity index (χ3v) is 5.75. The molecule has 1 N–H and O–H groups in total. The van der Waals surface area contributed by atoms with Gasteiger partial charge in [0.15, 0.2) is 0 Å². The van der Waals surface area contributed by atoms with Crippen molar-refractivity contribution in [2.45, 2.75) is 57.6 Å². The first-order valence-electron chi connectivity index (χ1n) is 9.40. The van der Waals surface area contributed by atoms with Crippen LogP contribution in [0.25, 0.3) is 0 Å². The number of nitrogens with one attached hydrogen (secondary N) is 1. The summed E-state index contributed by atoms with van der Waals surface area (Å²) in [6.07, 6.45) is 10.3. The lowest BCUT2D eigenvalue weighted by Gasteiger charge is -2.30. The molecule has 0 radical (unpaired) electrons. The van der Waals surface area contributed by atoms with E-state index >= 15 is 0 Å². The molecule has 1 unspecified atom stereocenters. The number of carbonyl (C=O) groups is 1. The molecule has 2 fully saturated rings. The van der Waals surface area contributed by atoms with Crippen molar-refractivity contribution in [2.75, 3.05) is 25.0 Å². The lowest BCUT2D eigenvalue weighted by atomic mass is 9.94. The van der Waals surface area contributed by atoms with Crippen LogP contribution in [0.3, 0.4) is 0 Å². The van der Waals surface area contributed by atoms with Gasteiger partial charge in [-0.1, -0.05) is 19.3 Å². The van der Waals surface area contributed by atoms with E-state index in [9.17, 15) is 4.79 Å². The Bertz CT molecular complexity index is 598. The van der Waals surface area contributed by atoms with Crippen molar-refractivity contribution >= 4 is 11.6 Å². The van der Waals surface area contributed by atoms with Gasteiger partial charge < -0.3 is 10.1 Å². The highest BCUT2D eigenvalue weighted by Gasteiger charge is 2.32. The average Bonchev–Trinajstić information content (AvgIpc) is 3.13. The van der Waals surface area contributed by atoms with E-state index < -0.39 is 0 Å². The van der Waals surface area contributed by atoms with Crippen molar-refractivity contribution in [1.82, 2.24) is 9.88 Å². The van der Waals surface area contributed by atoms with Crippen molar-refractivity contribution in [3.8, 4) is 0 Å². The number of amides is 1. The number of carbonyl (C=O) groups excluding carboxylic acids is 1. The number of ether oxygens (including phenoxy) is 1. The number of pyridine rings is 1. The minimum atomic E-state index is 0.110. The number of aromatic nitrogens is 1. The fourth-order valence-corrected chi connectivity index (χ4v) is 4.33. The Kier molecular flexibility index (Phi) is 4.81. The number of hydrogen-bond donors (Lipinski definition) is 1. The molecule has 0 bridgehead atoms. The Morgan fingerprint density at radius 2 is 2.12 bits per heavy atom. The third-order valence-electron chi connectivity index (χ3n) is 5.75. The van der Waals surface area contributed by atoms with E-state index in [0.29, 0.717) is 12.6 Å². The van der Waals surface area contributed by atoms with E-state index in [1.54, 1.807) is 6.20 Å². The predicted molar refractivity (Wildman–Crippen MR) is 92.8 cm³/mol. The molecule has 1 atom stereocenters. The van der Waals surface area contributed by atoms with Crippen LogP contribution in [0, 0.1) is 5.92 Å². The van der Waals surface area contributed by atoms with Crippen molar-refractivity contribution in [3.63, 3.8) is 0 Å². The normalized spacial score (nSPS) is 25.4. The topological polar surface area (TPSA) is 54.5 Å². The van der Waals surface area contributed by atoms with Gasteiger partial charge in [-0.05, 0) is 31.9 Å². The summed E-state index contributed by atoms with van der Waals surface area (Å²) in [5.41, 5.74) is 3.01. The predicted octanol–water partition coefficient (Wildman–Crippen LogP) is 2.75. The molecule has 1 aromatic rings. The van der Waals surface area contributed by atoms with Crippen LogP contribution in [0.4, 0.5) is 5.69 Å². The summed E-state index contributed by atoms with van der Waals surface area (Å²) in [6, 6.07) is 2.73. The maximum absolute atomic E-state index is 12.6. The molecule has 1 aromatic heterocycles. The highest BCUT2D eigenvalue weighted by atomic mass is 16.5. The molecule has 1 saturated heterocycles. The summed E-state index contributed by atoms with van der Waals surface area (Å²) in [5.74, 6) is 0.256. The highest BCUT2D eigenvalue weighted by molar-refractivity contribution is 5.92. The van der Waals surface area contributed by atoms with Crippen molar-refractivity contribution < 1.29 is 9.53 Å². The zero-order valence-corrected chi connectivity index (χ0v) is 14.3. The Balaban J connectivity index is 1.35. The van der Waals surface area contributed by atoms with Gasteiger partial charge >= 0.3 is 0 Å². The molecule has 5 heteroatoms. The minimum absolute atomic E-state index is 0.110. The van der Waals surface area contributed by atoms with Gasteiger partial charge in [-0.25, -0.2) is 0 Å². The molecule has 3 heterocycles. The zero-order chi connectivity index (χ0) is 16.4. The Labute approximate surface area is 143 Å². The lowest BCUT2D eigenvalue weighted by molar-refractivity contribution is -0.119. The van der Waals surface area contributed by atoms with Crippen LogP contribution in [-0.2, 0) is 22.6 Å². The molecule has 3 aliphatic rings. The number of fused-ring (bicyclic) bond motifs is 1. The van der Waals surface area contributed by atoms with Crippen LogP contribution >= 0.6 is 0 Å². The smallest absolute Gasteiger partial charge is 0.228 e. The monoisotopic (exact) mass is 329 g/mol. The van der Waals surface area contributed by atoms with Gasteiger partial charge in [-0.15, -0.1) is 0 Å². The number of nitrogens with zero attached hydrogens (tertiary/aromatic N) is 2. The highest BCUT2D eigenvalue weighted by Crippen LogP contribution is 2.28. The summed E-state index contributed by atoms with van der Waals surface area (Å²) in [7, 11) is 0. The second-order valence-electron chi connectivity index (χ2n) is 7.39. The average molecular weight is 329 g/mol. The molecule has 0 aromatic carbocycles. The maximum atomic E-state index is 12.6. The molecule has 130 valence electrons. The first kappa shape index (κ1) is 16.0. The first-order valence-corrected chi connectivity index (χ1v) is 9.40. The van der Waals surface area contributed by atoms with E-state index in [0.717, 1.165) is 49.5 Å². The Hall–Kier alpha value is -1.46. The van der Waals surface area contributed by atoms with Gasteiger partial charge in [0.25, 0.3) is 0 Å². The molecule has 5 nitrogen and oxygen atoms in total. The molecule has 0 spiro atoms. The van der Waals surface area contributed by atoms with E-state index in [1.807, 2.05) is 6.07 Å². The standard InChI is InChI=1S/C19H27N3O2/c23-19(14-6-8-22(12-14)17-4-2-1-3-5-17)21-16-10-15-13-24-9-7-18(15)20-11-16/h10-11,14,17H,1-9,12-13H2,(H,21,23). The van der Waals surface area contributed by atoms with Crippen molar-refractivity contribution in [1.29, 1.82) is 0 Å². The SMILES string of the molecule is O=C(Nc1cnc2c(c1)COCC2)C1CCN(C2CCCCC2)C1. The van der Waals surface area contributed by atoms with Gasteiger partial charge in [-0.3, -0.25) is 14.7 Å². The van der Waals surface area contributed by atoms with E-state index in [-0.39, 0.29) is 11.8 Å². The van der Waals surface area contributed by atoms with Crippen LogP contribution in [0.1, 0.15) is 49.8 Å². The second kappa shape index (κ2) is 7.19. The van der Waals surface area contributed by atoms with E-state index in [2.05, 4.69) is 15.2 Å². The van der Waals surface area contributed by atoms with Crippen LogP contribution < -0.4 is 5.32 Å². The number of hydrogen-bond acceptors (Lipinski definition) is 4. The molecule has 1 aliphatic carbocycles. The van der Waals surface area contributed by atoms with Crippen LogP contribution in [0.2, 0.25) is 0 Å². The summed E-state index contributed by atoms with van der Waals surface area (Å²) >= 11 is 0. The summed E-state index contributed by atoms with van der Waals surface area (Å²) in [6.45, 7) is 3.33. The zero-order valence-electron chi connectivity index (χ0n) is 14.3. The Morgan fingerprint density at radius 3 is 3.00 bits per heavy atom. The largest absolute Gasteiger partial charge is 0.376 e. The van der Waals surface area contributed by atoms with Crippen molar-refractivity contribution in [3.05, 3.63) is 23.5 Å². The fraction of sp³-hybridized carbons (Fsp3) is 0.684. The number of likely N-dealkylation sites (tertiary alicyclic amines) is 1. The molecule has 2 aliphatic heterocycles. The first-order chi connectivity index (χ1) is 11.8. The van der Waals surface area contributed by atoms with Crippen LogP contribution in [0.5, 0.6) is 0 Å². The molecule has 1 saturated carbocycles. The van der Waals surface area contributed by atoms with Gasteiger partial charge in [0.05, 0.1) is 31.0 Å². The maximum Gasteiger partial charge on any atom is 0.228 e. The molecule has 1 amide bonds. The molecule has 4 rings (SSSR count). The van der Waals surface area contributed by atoms with E-state index in [1.165, 1.54) is 32.1 Å². The summed E-state index contributed by atoms with van der Waals surface area (Å²) < 4.78 is 5.48. The van der Waals surface area contributed by atoms with Crippen LogP contribution in [0.15, 0.2) is 12.3 Å².